The molecular formula is C16H15ClN4S. The van der Waals surface area contributed by atoms with E-state index in [1.807, 2.05) is 36.5 Å². The Labute approximate surface area is 138 Å². The molecule has 1 aromatic carbocycles. The second kappa shape index (κ2) is 6.94. The lowest BCUT2D eigenvalue weighted by Crippen LogP contribution is -1.99. The summed E-state index contributed by atoms with van der Waals surface area (Å²) in [5.74, 6) is 1.69. The van der Waals surface area contributed by atoms with E-state index in [-0.39, 0.29) is 0 Å². The van der Waals surface area contributed by atoms with Crippen LogP contribution in [0.15, 0.2) is 53.9 Å². The zero-order valence-corrected chi connectivity index (χ0v) is 13.7. The molecular weight excluding hydrogens is 316 g/mol. The van der Waals surface area contributed by atoms with Crippen molar-refractivity contribution in [1.29, 1.82) is 0 Å². The molecule has 0 saturated carbocycles. The van der Waals surface area contributed by atoms with Crippen molar-refractivity contribution in [3.8, 4) is 11.4 Å². The molecule has 0 saturated heterocycles. The maximum Gasteiger partial charge on any atom is 0.191 e. The zero-order valence-electron chi connectivity index (χ0n) is 12.1. The molecule has 2 aromatic heterocycles. The molecule has 0 N–H and O–H groups in total. The van der Waals surface area contributed by atoms with Gasteiger partial charge >= 0.3 is 0 Å². The van der Waals surface area contributed by atoms with Gasteiger partial charge in [-0.1, -0.05) is 29.4 Å². The SMILES string of the molecule is CCn1c(SCc2cccnc2)nnc1-c1ccc(Cl)cc1. The van der Waals surface area contributed by atoms with Gasteiger partial charge in [-0.3, -0.25) is 4.98 Å². The van der Waals surface area contributed by atoms with Crippen molar-refractivity contribution >= 4 is 23.4 Å². The van der Waals surface area contributed by atoms with Gasteiger partial charge in [0.15, 0.2) is 11.0 Å². The molecule has 0 bridgehead atoms. The minimum Gasteiger partial charge on any atom is -0.302 e. The van der Waals surface area contributed by atoms with E-state index in [9.17, 15) is 0 Å². The molecule has 0 unspecified atom stereocenters. The van der Waals surface area contributed by atoms with Gasteiger partial charge in [-0.15, -0.1) is 10.2 Å². The van der Waals surface area contributed by atoms with Crippen LogP contribution in [-0.2, 0) is 12.3 Å². The van der Waals surface area contributed by atoms with E-state index in [1.54, 1.807) is 18.0 Å². The highest BCUT2D eigenvalue weighted by atomic mass is 35.5. The predicted octanol–water partition coefficient (Wildman–Crippen LogP) is 4.31. The van der Waals surface area contributed by atoms with Gasteiger partial charge in [0.2, 0.25) is 0 Å². The van der Waals surface area contributed by atoms with Gasteiger partial charge in [-0.2, -0.15) is 0 Å². The third-order valence-corrected chi connectivity index (χ3v) is 4.52. The quantitative estimate of drug-likeness (QED) is 0.654. The number of benzene rings is 1. The number of rotatable bonds is 5. The standard InChI is InChI=1S/C16H15ClN4S/c1-2-21-15(13-5-7-14(17)8-6-13)19-20-16(21)22-11-12-4-3-9-18-10-12/h3-10H,2,11H2,1H3. The maximum atomic E-state index is 5.94. The number of aromatic nitrogens is 4. The number of hydrogen-bond donors (Lipinski definition) is 0. The van der Waals surface area contributed by atoms with E-state index in [4.69, 9.17) is 11.6 Å². The van der Waals surface area contributed by atoms with Gasteiger partial charge in [0.25, 0.3) is 0 Å². The number of thioether (sulfide) groups is 1. The average Bonchev–Trinajstić information content (AvgIpc) is 2.97. The summed E-state index contributed by atoms with van der Waals surface area (Å²) in [5.41, 5.74) is 2.19. The molecule has 2 heterocycles. The fraction of sp³-hybridized carbons (Fsp3) is 0.188. The molecule has 0 fully saturated rings. The lowest BCUT2D eigenvalue weighted by atomic mass is 10.2. The summed E-state index contributed by atoms with van der Waals surface area (Å²) < 4.78 is 2.12. The summed E-state index contributed by atoms with van der Waals surface area (Å²) in [4.78, 5) is 4.13. The summed E-state index contributed by atoms with van der Waals surface area (Å²) in [7, 11) is 0. The van der Waals surface area contributed by atoms with Crippen molar-refractivity contribution < 1.29 is 0 Å². The highest BCUT2D eigenvalue weighted by Gasteiger charge is 2.13. The number of pyridine rings is 1. The summed E-state index contributed by atoms with van der Waals surface area (Å²) in [6.45, 7) is 2.91. The van der Waals surface area contributed by atoms with Crippen LogP contribution in [0.1, 0.15) is 12.5 Å². The first-order valence-corrected chi connectivity index (χ1v) is 8.35. The van der Waals surface area contributed by atoms with E-state index < -0.39 is 0 Å². The first-order valence-electron chi connectivity index (χ1n) is 6.98. The molecule has 0 spiro atoms. The van der Waals surface area contributed by atoms with Gasteiger partial charge < -0.3 is 4.57 Å². The third-order valence-electron chi connectivity index (χ3n) is 3.23. The smallest absolute Gasteiger partial charge is 0.191 e. The topological polar surface area (TPSA) is 43.6 Å². The number of nitrogens with zero attached hydrogens (tertiary/aromatic N) is 4. The highest BCUT2D eigenvalue weighted by Crippen LogP contribution is 2.26. The van der Waals surface area contributed by atoms with Crippen LogP contribution in [0.25, 0.3) is 11.4 Å². The fourth-order valence-electron chi connectivity index (χ4n) is 2.12. The molecule has 0 aliphatic rings. The van der Waals surface area contributed by atoms with Crippen molar-refractivity contribution in [2.24, 2.45) is 0 Å². The maximum absolute atomic E-state index is 5.94. The van der Waals surface area contributed by atoms with Crippen molar-refractivity contribution in [2.75, 3.05) is 0 Å². The minimum absolute atomic E-state index is 0.720. The van der Waals surface area contributed by atoms with E-state index in [0.717, 1.165) is 33.9 Å². The van der Waals surface area contributed by atoms with Crippen LogP contribution in [0, 0.1) is 0 Å². The Morgan fingerprint density at radius 3 is 2.64 bits per heavy atom. The van der Waals surface area contributed by atoms with Crippen molar-refractivity contribution in [3.63, 3.8) is 0 Å². The van der Waals surface area contributed by atoms with Crippen LogP contribution in [0.2, 0.25) is 5.02 Å². The molecule has 3 rings (SSSR count). The van der Waals surface area contributed by atoms with Crippen LogP contribution in [0.3, 0.4) is 0 Å². The Bertz CT molecular complexity index is 741. The van der Waals surface area contributed by atoms with E-state index >= 15 is 0 Å². The van der Waals surface area contributed by atoms with E-state index in [2.05, 4.69) is 32.7 Å². The first kappa shape index (κ1) is 15.1. The van der Waals surface area contributed by atoms with Gasteiger partial charge in [-0.05, 0) is 42.8 Å². The molecule has 112 valence electrons. The van der Waals surface area contributed by atoms with E-state index in [1.165, 1.54) is 5.56 Å². The Morgan fingerprint density at radius 1 is 1.14 bits per heavy atom. The minimum atomic E-state index is 0.720. The summed E-state index contributed by atoms with van der Waals surface area (Å²) >= 11 is 7.61. The molecule has 0 aliphatic carbocycles. The normalized spacial score (nSPS) is 10.8. The van der Waals surface area contributed by atoms with Crippen molar-refractivity contribution in [3.05, 3.63) is 59.4 Å². The van der Waals surface area contributed by atoms with Gasteiger partial charge in [-0.25, -0.2) is 0 Å². The molecule has 0 amide bonds. The Balaban J connectivity index is 1.82. The Kier molecular flexibility index (Phi) is 4.75. The third kappa shape index (κ3) is 3.31. The first-order chi connectivity index (χ1) is 10.8. The summed E-state index contributed by atoms with van der Waals surface area (Å²) in [6, 6.07) is 11.7. The van der Waals surface area contributed by atoms with E-state index in [0.29, 0.717) is 0 Å². The zero-order chi connectivity index (χ0) is 15.4. The molecule has 6 heteroatoms. The van der Waals surface area contributed by atoms with Crippen LogP contribution in [-0.4, -0.2) is 19.7 Å². The molecule has 4 nitrogen and oxygen atoms in total. The monoisotopic (exact) mass is 330 g/mol. The van der Waals surface area contributed by atoms with Crippen LogP contribution < -0.4 is 0 Å². The van der Waals surface area contributed by atoms with Crippen molar-refractivity contribution in [2.45, 2.75) is 24.4 Å². The second-order valence-electron chi connectivity index (χ2n) is 4.71. The Hall–Kier alpha value is -1.85. The average molecular weight is 331 g/mol. The van der Waals surface area contributed by atoms with Gasteiger partial charge in [0.1, 0.15) is 0 Å². The molecule has 3 aromatic rings. The van der Waals surface area contributed by atoms with Gasteiger partial charge in [0.05, 0.1) is 0 Å². The van der Waals surface area contributed by atoms with Gasteiger partial charge in [0, 0.05) is 35.3 Å². The molecule has 0 radical (unpaired) electrons. The van der Waals surface area contributed by atoms with Crippen molar-refractivity contribution in [1.82, 2.24) is 19.7 Å². The number of hydrogen-bond acceptors (Lipinski definition) is 4. The largest absolute Gasteiger partial charge is 0.302 e. The summed E-state index contributed by atoms with van der Waals surface area (Å²) in [5, 5.41) is 10.3. The number of halogens is 1. The molecule has 22 heavy (non-hydrogen) atoms. The second-order valence-corrected chi connectivity index (χ2v) is 6.09. The highest BCUT2D eigenvalue weighted by molar-refractivity contribution is 7.98. The Morgan fingerprint density at radius 2 is 1.95 bits per heavy atom. The summed E-state index contributed by atoms with van der Waals surface area (Å²) in [6.07, 6.45) is 3.65. The molecule has 0 atom stereocenters. The van der Waals surface area contributed by atoms with Crippen LogP contribution >= 0.6 is 23.4 Å². The predicted molar refractivity (Wildman–Crippen MR) is 89.9 cm³/mol. The fourth-order valence-corrected chi connectivity index (χ4v) is 3.19. The molecule has 0 aliphatic heterocycles. The lowest BCUT2D eigenvalue weighted by Gasteiger charge is -2.07. The lowest BCUT2D eigenvalue weighted by molar-refractivity contribution is 0.687. The van der Waals surface area contributed by atoms with Crippen LogP contribution in [0.4, 0.5) is 0 Å². The van der Waals surface area contributed by atoms with Crippen LogP contribution in [0.5, 0.6) is 0 Å².